The number of amides is 2. The monoisotopic (exact) mass is 426 g/mol. The maximum Gasteiger partial charge on any atom is 0.244 e. The zero-order valence-electron chi connectivity index (χ0n) is 17.4. The van der Waals surface area contributed by atoms with Gasteiger partial charge in [-0.25, -0.2) is 0 Å². The Morgan fingerprint density at radius 3 is 1.61 bits per heavy atom. The molecule has 2 rings (SSSR count). The third kappa shape index (κ3) is 7.77. The number of carbonyl (C=O) groups excluding carboxylic acids is 2. The number of aromatic hydroxyl groups is 2. The fourth-order valence-corrected chi connectivity index (χ4v) is 2.57. The van der Waals surface area contributed by atoms with E-state index in [1.807, 2.05) is 0 Å². The van der Waals surface area contributed by atoms with Gasteiger partial charge >= 0.3 is 0 Å². The molecule has 0 saturated heterocycles. The molecular formula is C23H26N2O6. The third-order valence-electron chi connectivity index (χ3n) is 4.21. The van der Waals surface area contributed by atoms with Gasteiger partial charge in [0.2, 0.25) is 11.8 Å². The van der Waals surface area contributed by atoms with E-state index in [1.54, 1.807) is 36.4 Å². The Kier molecular flexibility index (Phi) is 8.97. The third-order valence-corrected chi connectivity index (χ3v) is 4.21. The fraction of sp³-hybridized carbons (Fsp3) is 0.217. The van der Waals surface area contributed by atoms with Crippen molar-refractivity contribution in [3.8, 4) is 23.0 Å². The van der Waals surface area contributed by atoms with E-state index in [0.29, 0.717) is 31.0 Å². The van der Waals surface area contributed by atoms with E-state index in [4.69, 9.17) is 9.47 Å². The maximum absolute atomic E-state index is 11.9. The average molecular weight is 426 g/mol. The predicted octanol–water partition coefficient (Wildman–Crippen LogP) is 2.46. The van der Waals surface area contributed by atoms with Crippen molar-refractivity contribution in [3.05, 3.63) is 59.7 Å². The van der Waals surface area contributed by atoms with Crippen molar-refractivity contribution < 1.29 is 29.3 Å². The molecule has 0 spiro atoms. The molecule has 164 valence electrons. The molecule has 8 nitrogen and oxygen atoms in total. The molecular weight excluding hydrogens is 400 g/mol. The molecule has 2 aromatic rings. The number of benzene rings is 2. The van der Waals surface area contributed by atoms with Crippen molar-refractivity contribution in [2.75, 3.05) is 27.3 Å². The lowest BCUT2D eigenvalue weighted by molar-refractivity contribution is -0.116. The Balaban J connectivity index is 1.68. The van der Waals surface area contributed by atoms with Gasteiger partial charge in [-0.2, -0.15) is 0 Å². The minimum absolute atomic E-state index is 0.0313. The molecule has 0 aliphatic rings. The van der Waals surface area contributed by atoms with Gasteiger partial charge in [-0.1, -0.05) is 12.1 Å². The number of nitrogens with one attached hydrogen (secondary N) is 2. The van der Waals surface area contributed by atoms with E-state index in [0.717, 1.165) is 11.1 Å². The van der Waals surface area contributed by atoms with E-state index in [9.17, 15) is 19.8 Å². The zero-order valence-corrected chi connectivity index (χ0v) is 17.4. The SMILES string of the molecule is COc1cc(/C=C/C(=O)NCCCNC(=O)/C=C/c2ccc(O)c(OC)c2)ccc1O. The van der Waals surface area contributed by atoms with Crippen LogP contribution in [-0.4, -0.2) is 49.3 Å². The van der Waals surface area contributed by atoms with E-state index in [1.165, 1.54) is 38.5 Å². The summed E-state index contributed by atoms with van der Waals surface area (Å²) in [4.78, 5) is 23.7. The number of hydrogen-bond acceptors (Lipinski definition) is 6. The second-order valence-electron chi connectivity index (χ2n) is 6.46. The lowest BCUT2D eigenvalue weighted by Gasteiger charge is -2.05. The van der Waals surface area contributed by atoms with E-state index in [2.05, 4.69) is 10.6 Å². The normalized spacial score (nSPS) is 10.9. The number of phenols is 2. The number of ether oxygens (including phenoxy) is 2. The van der Waals surface area contributed by atoms with E-state index in [-0.39, 0.29) is 23.3 Å². The Morgan fingerprint density at radius 2 is 1.23 bits per heavy atom. The van der Waals surface area contributed by atoms with Gasteiger partial charge < -0.3 is 30.3 Å². The van der Waals surface area contributed by atoms with Crippen LogP contribution in [0.4, 0.5) is 0 Å². The number of rotatable bonds is 10. The van der Waals surface area contributed by atoms with Crippen LogP contribution in [0.3, 0.4) is 0 Å². The molecule has 0 aliphatic heterocycles. The first-order valence-corrected chi connectivity index (χ1v) is 9.58. The van der Waals surface area contributed by atoms with Crippen molar-refractivity contribution in [3.63, 3.8) is 0 Å². The summed E-state index contributed by atoms with van der Waals surface area (Å²) in [5.74, 6) is 0.195. The summed E-state index contributed by atoms with van der Waals surface area (Å²) in [7, 11) is 2.91. The summed E-state index contributed by atoms with van der Waals surface area (Å²) in [6, 6.07) is 9.56. The summed E-state index contributed by atoms with van der Waals surface area (Å²) in [5.41, 5.74) is 1.44. The van der Waals surface area contributed by atoms with Crippen LogP contribution in [0.25, 0.3) is 12.2 Å². The Bertz CT molecular complexity index is 891. The molecule has 0 heterocycles. The van der Waals surface area contributed by atoms with Gasteiger partial charge in [-0.3, -0.25) is 9.59 Å². The number of methoxy groups -OCH3 is 2. The standard InChI is InChI=1S/C23H26N2O6/c1-30-20-14-16(4-8-18(20)26)6-10-22(28)24-12-3-13-25-23(29)11-7-17-5-9-19(27)21(15-17)31-2/h4-11,14-15,26-27H,3,12-13H2,1-2H3,(H,24,28)(H,25,29)/b10-6+,11-7+. The topological polar surface area (TPSA) is 117 Å². The van der Waals surface area contributed by atoms with Crippen molar-refractivity contribution in [2.45, 2.75) is 6.42 Å². The van der Waals surface area contributed by atoms with Crippen LogP contribution in [0.1, 0.15) is 17.5 Å². The highest BCUT2D eigenvalue weighted by Crippen LogP contribution is 2.27. The summed E-state index contributed by atoms with van der Waals surface area (Å²) >= 11 is 0. The van der Waals surface area contributed by atoms with Gasteiger partial charge in [0, 0.05) is 25.2 Å². The highest BCUT2D eigenvalue weighted by Gasteiger charge is 2.03. The minimum Gasteiger partial charge on any atom is -0.504 e. The molecule has 8 heteroatoms. The van der Waals surface area contributed by atoms with Gasteiger partial charge in [-0.15, -0.1) is 0 Å². The van der Waals surface area contributed by atoms with Crippen molar-refractivity contribution >= 4 is 24.0 Å². The summed E-state index contributed by atoms with van der Waals surface area (Å²) in [6.07, 6.45) is 6.57. The predicted molar refractivity (Wildman–Crippen MR) is 118 cm³/mol. The van der Waals surface area contributed by atoms with Crippen LogP contribution in [0.15, 0.2) is 48.6 Å². The molecule has 0 bridgehead atoms. The number of carbonyl (C=O) groups is 2. The molecule has 31 heavy (non-hydrogen) atoms. The van der Waals surface area contributed by atoms with Crippen molar-refractivity contribution in [2.24, 2.45) is 0 Å². The maximum atomic E-state index is 11.9. The highest BCUT2D eigenvalue weighted by atomic mass is 16.5. The van der Waals surface area contributed by atoms with Crippen LogP contribution >= 0.6 is 0 Å². The molecule has 0 saturated carbocycles. The van der Waals surface area contributed by atoms with Gasteiger partial charge in [0.1, 0.15) is 0 Å². The van der Waals surface area contributed by atoms with Gasteiger partial charge in [0.05, 0.1) is 14.2 Å². The Labute approximate surface area is 180 Å². The van der Waals surface area contributed by atoms with E-state index < -0.39 is 0 Å². The second kappa shape index (κ2) is 11.9. The lowest BCUT2D eigenvalue weighted by Crippen LogP contribution is -2.28. The number of hydrogen-bond donors (Lipinski definition) is 4. The zero-order chi connectivity index (χ0) is 22.6. The molecule has 0 aromatic heterocycles. The summed E-state index contributed by atoms with van der Waals surface area (Å²) in [5, 5.41) is 24.6. The first kappa shape index (κ1) is 23.3. The molecule has 4 N–H and O–H groups in total. The van der Waals surface area contributed by atoms with Gasteiger partial charge in [-0.05, 0) is 54.0 Å². The quantitative estimate of drug-likeness (QED) is 0.343. The number of phenolic OH excluding ortho intramolecular Hbond substituents is 2. The highest BCUT2D eigenvalue weighted by molar-refractivity contribution is 5.92. The molecule has 0 atom stereocenters. The Hall–Kier alpha value is -3.94. The van der Waals surface area contributed by atoms with Gasteiger partial charge in [0.15, 0.2) is 23.0 Å². The van der Waals surface area contributed by atoms with Crippen molar-refractivity contribution in [1.82, 2.24) is 10.6 Å². The van der Waals surface area contributed by atoms with Crippen LogP contribution in [0, 0.1) is 0 Å². The van der Waals surface area contributed by atoms with Crippen LogP contribution in [0.5, 0.6) is 23.0 Å². The summed E-state index contributed by atoms with van der Waals surface area (Å²) < 4.78 is 10.0. The molecule has 0 unspecified atom stereocenters. The van der Waals surface area contributed by atoms with E-state index >= 15 is 0 Å². The molecule has 2 amide bonds. The molecule has 0 fully saturated rings. The Morgan fingerprint density at radius 1 is 0.806 bits per heavy atom. The first-order chi connectivity index (χ1) is 14.9. The average Bonchev–Trinajstić information content (AvgIpc) is 2.77. The first-order valence-electron chi connectivity index (χ1n) is 9.58. The molecule has 0 radical (unpaired) electrons. The lowest BCUT2D eigenvalue weighted by atomic mass is 10.2. The van der Waals surface area contributed by atoms with Crippen LogP contribution in [0.2, 0.25) is 0 Å². The smallest absolute Gasteiger partial charge is 0.244 e. The largest absolute Gasteiger partial charge is 0.504 e. The molecule has 2 aromatic carbocycles. The van der Waals surface area contributed by atoms with Crippen molar-refractivity contribution in [1.29, 1.82) is 0 Å². The molecule has 0 aliphatic carbocycles. The van der Waals surface area contributed by atoms with Crippen LogP contribution < -0.4 is 20.1 Å². The summed E-state index contributed by atoms with van der Waals surface area (Å²) in [6.45, 7) is 0.808. The van der Waals surface area contributed by atoms with Crippen LogP contribution in [-0.2, 0) is 9.59 Å². The fourth-order valence-electron chi connectivity index (χ4n) is 2.57. The van der Waals surface area contributed by atoms with Gasteiger partial charge in [0.25, 0.3) is 0 Å². The second-order valence-corrected chi connectivity index (χ2v) is 6.46. The minimum atomic E-state index is -0.264.